The van der Waals surface area contributed by atoms with Gasteiger partial charge in [-0.05, 0) is 0 Å². The summed E-state index contributed by atoms with van der Waals surface area (Å²) in [4.78, 5) is 23.0. The minimum absolute atomic E-state index is 0.0386. The lowest BCUT2D eigenvalue weighted by Gasteiger charge is -2.15. The summed E-state index contributed by atoms with van der Waals surface area (Å²) in [6, 6.07) is 6.40. The molecular formula is C10H11BrN2O3. The monoisotopic (exact) mass is 286 g/mol. The molecule has 6 heteroatoms. The first kappa shape index (κ1) is 12.6. The van der Waals surface area contributed by atoms with Crippen LogP contribution >= 0.6 is 15.9 Å². The number of amides is 1. The van der Waals surface area contributed by atoms with Crippen LogP contribution in [0.1, 0.15) is 5.56 Å². The maximum absolute atomic E-state index is 11.3. The number of alkyl halides is 1. The van der Waals surface area contributed by atoms with E-state index in [1.807, 2.05) is 0 Å². The topological polar surface area (TPSA) is 63.4 Å². The molecule has 0 saturated heterocycles. The number of hydrogen-bond acceptors (Lipinski definition) is 3. The molecule has 0 aliphatic carbocycles. The zero-order chi connectivity index (χ0) is 12.1. The lowest BCUT2D eigenvalue weighted by atomic mass is 10.1. The lowest BCUT2D eigenvalue weighted by molar-refractivity contribution is -0.385. The van der Waals surface area contributed by atoms with E-state index in [0.717, 1.165) is 0 Å². The van der Waals surface area contributed by atoms with Gasteiger partial charge in [0.25, 0.3) is 5.69 Å². The quantitative estimate of drug-likeness (QED) is 0.483. The van der Waals surface area contributed by atoms with Gasteiger partial charge in [-0.25, -0.2) is 0 Å². The Morgan fingerprint density at radius 2 is 2.12 bits per heavy atom. The highest BCUT2D eigenvalue weighted by atomic mass is 79.9. The molecule has 1 aromatic rings. The largest absolute Gasteiger partial charge is 0.340 e. The molecule has 5 nitrogen and oxygen atoms in total. The Balaban J connectivity index is 2.88. The minimum Gasteiger partial charge on any atom is -0.340 e. The standard InChI is InChI=1S/C10H11BrN2O3/c1-12(10(14)6-11)7-8-4-2-3-5-9(8)13(15)16/h2-5H,6-7H2,1H3. The smallest absolute Gasteiger partial charge is 0.274 e. The van der Waals surface area contributed by atoms with Crippen LogP contribution in [0.2, 0.25) is 0 Å². The first-order valence-corrected chi connectivity index (χ1v) is 5.70. The van der Waals surface area contributed by atoms with Crippen molar-refractivity contribution in [2.24, 2.45) is 0 Å². The number of carbonyl (C=O) groups excluding carboxylic acids is 1. The Morgan fingerprint density at radius 1 is 1.50 bits per heavy atom. The molecule has 0 fully saturated rings. The first-order chi connectivity index (χ1) is 7.56. The normalized spacial score (nSPS) is 9.88. The van der Waals surface area contributed by atoms with Crippen LogP contribution in [0.4, 0.5) is 5.69 Å². The summed E-state index contributed by atoms with van der Waals surface area (Å²) >= 11 is 3.05. The van der Waals surface area contributed by atoms with Crippen molar-refractivity contribution >= 4 is 27.5 Å². The van der Waals surface area contributed by atoms with E-state index in [9.17, 15) is 14.9 Å². The van der Waals surface area contributed by atoms with Gasteiger partial charge in [0.05, 0.1) is 16.8 Å². The molecule has 0 aliphatic heterocycles. The van der Waals surface area contributed by atoms with E-state index in [1.54, 1.807) is 25.2 Å². The summed E-state index contributed by atoms with van der Waals surface area (Å²) in [6.45, 7) is 0.238. The Kier molecular flexibility index (Phi) is 4.42. The van der Waals surface area contributed by atoms with Crippen LogP contribution < -0.4 is 0 Å². The van der Waals surface area contributed by atoms with Crippen LogP contribution in [0.3, 0.4) is 0 Å². The average molecular weight is 287 g/mol. The Labute approximate surface area is 101 Å². The number of hydrogen-bond donors (Lipinski definition) is 0. The van der Waals surface area contributed by atoms with E-state index in [4.69, 9.17) is 0 Å². The second-order valence-corrected chi connectivity index (χ2v) is 3.83. The summed E-state index contributed by atoms with van der Waals surface area (Å²) in [5, 5.41) is 10.9. The van der Waals surface area contributed by atoms with Crippen LogP contribution in [0.15, 0.2) is 24.3 Å². The molecule has 1 amide bonds. The van der Waals surface area contributed by atoms with Crippen molar-refractivity contribution in [3.63, 3.8) is 0 Å². The fraction of sp³-hybridized carbons (Fsp3) is 0.300. The molecule has 0 spiro atoms. The maximum atomic E-state index is 11.3. The van der Waals surface area contributed by atoms with Crippen LogP contribution in [0, 0.1) is 10.1 Å². The molecule has 16 heavy (non-hydrogen) atoms. The molecule has 1 rings (SSSR count). The SMILES string of the molecule is CN(Cc1ccccc1[N+](=O)[O-])C(=O)CBr. The molecule has 86 valence electrons. The van der Waals surface area contributed by atoms with Gasteiger partial charge in [0.2, 0.25) is 5.91 Å². The zero-order valence-electron chi connectivity index (χ0n) is 8.72. The fourth-order valence-electron chi connectivity index (χ4n) is 1.27. The van der Waals surface area contributed by atoms with E-state index in [-0.39, 0.29) is 23.5 Å². The number of rotatable bonds is 4. The van der Waals surface area contributed by atoms with Crippen LogP contribution in [-0.4, -0.2) is 28.1 Å². The summed E-state index contributed by atoms with van der Waals surface area (Å²) in [5.74, 6) is -0.113. The second-order valence-electron chi connectivity index (χ2n) is 3.27. The number of carbonyl (C=O) groups is 1. The van der Waals surface area contributed by atoms with E-state index in [2.05, 4.69) is 15.9 Å². The van der Waals surface area contributed by atoms with Gasteiger partial charge < -0.3 is 4.90 Å². The Morgan fingerprint density at radius 3 is 2.69 bits per heavy atom. The van der Waals surface area contributed by atoms with Crippen molar-refractivity contribution in [3.8, 4) is 0 Å². The Bertz CT molecular complexity index is 409. The molecule has 0 bridgehead atoms. The fourth-order valence-corrected chi connectivity index (χ4v) is 1.70. The number of para-hydroxylation sites is 1. The van der Waals surface area contributed by atoms with Gasteiger partial charge in [-0.15, -0.1) is 0 Å². The molecule has 0 radical (unpaired) electrons. The first-order valence-electron chi connectivity index (χ1n) is 4.58. The van der Waals surface area contributed by atoms with Crippen LogP contribution in [0.5, 0.6) is 0 Å². The number of nitro benzene ring substituents is 1. The molecule has 1 aromatic carbocycles. The lowest BCUT2D eigenvalue weighted by Crippen LogP contribution is -2.27. The van der Waals surface area contributed by atoms with Crippen molar-refractivity contribution in [1.29, 1.82) is 0 Å². The van der Waals surface area contributed by atoms with Gasteiger partial charge in [-0.1, -0.05) is 34.1 Å². The number of nitro groups is 1. The van der Waals surface area contributed by atoms with Crippen molar-refractivity contribution in [2.45, 2.75) is 6.54 Å². The molecule has 0 aliphatic rings. The van der Waals surface area contributed by atoms with E-state index in [0.29, 0.717) is 5.56 Å². The zero-order valence-corrected chi connectivity index (χ0v) is 10.3. The second kappa shape index (κ2) is 5.60. The third kappa shape index (κ3) is 3.03. The highest BCUT2D eigenvalue weighted by Crippen LogP contribution is 2.19. The third-order valence-corrected chi connectivity index (χ3v) is 2.62. The molecule has 0 N–H and O–H groups in total. The van der Waals surface area contributed by atoms with E-state index >= 15 is 0 Å². The summed E-state index contributed by atoms with van der Waals surface area (Å²) in [7, 11) is 1.61. The molecule has 0 aromatic heterocycles. The van der Waals surface area contributed by atoms with Gasteiger partial charge in [0.1, 0.15) is 0 Å². The van der Waals surface area contributed by atoms with Crippen molar-refractivity contribution in [2.75, 3.05) is 12.4 Å². The van der Waals surface area contributed by atoms with Crippen LogP contribution in [-0.2, 0) is 11.3 Å². The number of nitrogens with zero attached hydrogens (tertiary/aromatic N) is 2. The molecule has 0 atom stereocenters. The van der Waals surface area contributed by atoms with Gasteiger partial charge in [-0.3, -0.25) is 14.9 Å². The van der Waals surface area contributed by atoms with Crippen molar-refractivity contribution < 1.29 is 9.72 Å². The number of halogens is 1. The van der Waals surface area contributed by atoms with E-state index < -0.39 is 4.92 Å². The predicted molar refractivity (Wildman–Crippen MR) is 63.4 cm³/mol. The van der Waals surface area contributed by atoms with Crippen molar-refractivity contribution in [3.05, 3.63) is 39.9 Å². The molecule has 0 saturated carbocycles. The van der Waals surface area contributed by atoms with Crippen LogP contribution in [0.25, 0.3) is 0 Å². The molecular weight excluding hydrogens is 276 g/mol. The van der Waals surface area contributed by atoms with Gasteiger partial charge in [0, 0.05) is 18.7 Å². The highest BCUT2D eigenvalue weighted by molar-refractivity contribution is 9.09. The summed E-state index contributed by atoms with van der Waals surface area (Å²) < 4.78 is 0. The van der Waals surface area contributed by atoms with Gasteiger partial charge >= 0.3 is 0 Å². The predicted octanol–water partition coefficient (Wildman–Crippen LogP) is 1.95. The number of benzene rings is 1. The highest BCUT2D eigenvalue weighted by Gasteiger charge is 2.15. The average Bonchev–Trinajstić information content (AvgIpc) is 2.28. The van der Waals surface area contributed by atoms with Gasteiger partial charge in [0.15, 0.2) is 0 Å². The Hall–Kier alpha value is -1.43. The molecule has 0 unspecified atom stereocenters. The summed E-state index contributed by atoms with van der Waals surface area (Å²) in [5.41, 5.74) is 0.570. The van der Waals surface area contributed by atoms with Gasteiger partial charge in [-0.2, -0.15) is 0 Å². The van der Waals surface area contributed by atoms with E-state index in [1.165, 1.54) is 11.0 Å². The summed E-state index contributed by atoms with van der Waals surface area (Å²) in [6.07, 6.45) is 0. The third-order valence-electron chi connectivity index (χ3n) is 2.14. The molecule has 0 heterocycles. The minimum atomic E-state index is -0.443. The maximum Gasteiger partial charge on any atom is 0.274 e. The van der Waals surface area contributed by atoms with Crippen molar-refractivity contribution in [1.82, 2.24) is 4.90 Å².